The quantitative estimate of drug-likeness (QED) is 0.672. The topological polar surface area (TPSA) is 96.5 Å². The van der Waals surface area contributed by atoms with Gasteiger partial charge in [-0.1, -0.05) is 12.8 Å². The van der Waals surface area contributed by atoms with Crippen molar-refractivity contribution in [3.8, 4) is 0 Å². The van der Waals surface area contributed by atoms with Crippen LogP contribution in [0.25, 0.3) is 0 Å². The molecule has 156 valence electrons. The minimum atomic E-state index is -0.529. The van der Waals surface area contributed by atoms with E-state index in [4.69, 9.17) is 4.74 Å². The summed E-state index contributed by atoms with van der Waals surface area (Å²) >= 11 is 1.38. The summed E-state index contributed by atoms with van der Waals surface area (Å²) in [5.74, 6) is -0.0146. The van der Waals surface area contributed by atoms with Gasteiger partial charge in [0.15, 0.2) is 0 Å². The number of alkyl carbamates (subject to hydrolysis) is 1. The van der Waals surface area contributed by atoms with E-state index >= 15 is 0 Å². The van der Waals surface area contributed by atoms with E-state index in [1.54, 1.807) is 6.07 Å². The first kappa shape index (κ1) is 22.2. The van der Waals surface area contributed by atoms with Crippen LogP contribution >= 0.6 is 11.3 Å². The SMILES string of the molecule is CC(=O)NCc1ccc(C(=O)N[C@H]2CCCC[C@@H]2CNC(=O)OC(C)(C)C)s1. The van der Waals surface area contributed by atoms with Crippen LogP contribution in [0.2, 0.25) is 0 Å². The van der Waals surface area contributed by atoms with Gasteiger partial charge in [0.2, 0.25) is 5.91 Å². The van der Waals surface area contributed by atoms with Gasteiger partial charge in [-0.3, -0.25) is 9.59 Å². The first-order chi connectivity index (χ1) is 13.1. The van der Waals surface area contributed by atoms with Crippen molar-refractivity contribution in [1.82, 2.24) is 16.0 Å². The first-order valence-corrected chi connectivity index (χ1v) is 10.6. The molecule has 1 aliphatic carbocycles. The van der Waals surface area contributed by atoms with Crippen LogP contribution in [0.5, 0.6) is 0 Å². The van der Waals surface area contributed by atoms with Gasteiger partial charge in [0.05, 0.1) is 11.4 Å². The number of carbonyl (C=O) groups is 3. The maximum atomic E-state index is 12.6. The second-order valence-corrected chi connectivity index (χ2v) is 9.35. The van der Waals surface area contributed by atoms with Gasteiger partial charge in [-0.2, -0.15) is 0 Å². The van der Waals surface area contributed by atoms with Crippen LogP contribution in [0.4, 0.5) is 4.79 Å². The van der Waals surface area contributed by atoms with Gasteiger partial charge in [-0.15, -0.1) is 11.3 Å². The summed E-state index contributed by atoms with van der Waals surface area (Å²) < 4.78 is 5.29. The molecule has 1 aromatic heterocycles. The number of carbonyl (C=O) groups excluding carboxylic acids is 3. The summed E-state index contributed by atoms with van der Waals surface area (Å²) in [6.07, 6.45) is 3.58. The van der Waals surface area contributed by atoms with E-state index in [1.807, 2.05) is 26.8 Å². The molecule has 0 bridgehead atoms. The number of hydrogen-bond donors (Lipinski definition) is 3. The lowest BCUT2D eigenvalue weighted by atomic mass is 9.84. The van der Waals surface area contributed by atoms with Gasteiger partial charge < -0.3 is 20.7 Å². The predicted molar refractivity (Wildman–Crippen MR) is 109 cm³/mol. The van der Waals surface area contributed by atoms with Crippen LogP contribution in [0.3, 0.4) is 0 Å². The molecule has 2 rings (SSSR count). The Morgan fingerprint density at radius 1 is 1.14 bits per heavy atom. The fraction of sp³-hybridized carbons (Fsp3) is 0.650. The van der Waals surface area contributed by atoms with Gasteiger partial charge in [-0.05, 0) is 51.7 Å². The molecule has 1 aliphatic rings. The molecule has 1 saturated carbocycles. The summed E-state index contributed by atoms with van der Waals surface area (Å²) in [6, 6.07) is 3.67. The Hall–Kier alpha value is -2.09. The van der Waals surface area contributed by atoms with Crippen molar-refractivity contribution in [2.75, 3.05) is 6.54 Å². The van der Waals surface area contributed by atoms with Crippen molar-refractivity contribution < 1.29 is 19.1 Å². The van der Waals surface area contributed by atoms with Crippen LogP contribution in [0.15, 0.2) is 12.1 Å². The third kappa shape index (κ3) is 7.50. The number of hydrogen-bond acceptors (Lipinski definition) is 5. The number of ether oxygens (including phenoxy) is 1. The molecule has 1 aromatic rings. The monoisotopic (exact) mass is 409 g/mol. The summed E-state index contributed by atoms with van der Waals surface area (Å²) in [4.78, 5) is 37.1. The second kappa shape index (κ2) is 9.91. The summed E-state index contributed by atoms with van der Waals surface area (Å²) in [6.45, 7) is 7.87. The molecule has 1 heterocycles. The zero-order valence-corrected chi connectivity index (χ0v) is 17.9. The van der Waals surface area contributed by atoms with Crippen molar-refractivity contribution in [3.63, 3.8) is 0 Å². The Morgan fingerprint density at radius 3 is 2.54 bits per heavy atom. The number of rotatable bonds is 6. The highest BCUT2D eigenvalue weighted by Gasteiger charge is 2.28. The molecule has 3 N–H and O–H groups in total. The van der Waals surface area contributed by atoms with E-state index in [2.05, 4.69) is 16.0 Å². The Kier molecular flexibility index (Phi) is 7.86. The largest absolute Gasteiger partial charge is 0.444 e. The molecule has 2 atom stereocenters. The average Bonchev–Trinajstić information content (AvgIpc) is 3.07. The molecule has 0 aliphatic heterocycles. The highest BCUT2D eigenvalue weighted by Crippen LogP contribution is 2.25. The van der Waals surface area contributed by atoms with Crippen molar-refractivity contribution in [1.29, 1.82) is 0 Å². The minimum absolute atomic E-state index is 0.0251. The molecule has 8 heteroatoms. The van der Waals surface area contributed by atoms with Gasteiger partial charge in [0, 0.05) is 24.4 Å². The van der Waals surface area contributed by atoms with E-state index in [1.165, 1.54) is 18.3 Å². The van der Waals surface area contributed by atoms with Gasteiger partial charge in [0.1, 0.15) is 5.60 Å². The lowest BCUT2D eigenvalue weighted by Crippen LogP contribution is -2.46. The second-order valence-electron chi connectivity index (χ2n) is 8.18. The predicted octanol–water partition coefficient (Wildman–Crippen LogP) is 3.20. The number of nitrogens with one attached hydrogen (secondary N) is 3. The van der Waals surface area contributed by atoms with Gasteiger partial charge in [0.25, 0.3) is 5.91 Å². The Morgan fingerprint density at radius 2 is 1.86 bits per heavy atom. The first-order valence-electron chi connectivity index (χ1n) is 9.75. The maximum absolute atomic E-state index is 12.6. The zero-order chi connectivity index (χ0) is 20.7. The standard InChI is InChI=1S/C20H31N3O4S/c1-13(24)21-12-15-9-10-17(28-15)18(25)23-16-8-6-5-7-14(16)11-22-19(26)27-20(2,3)4/h9-10,14,16H,5-8,11-12H2,1-4H3,(H,21,24)(H,22,26)(H,23,25)/t14-,16+/m1/s1. The Balaban J connectivity index is 1.88. The van der Waals surface area contributed by atoms with E-state index in [0.29, 0.717) is 18.0 Å². The van der Waals surface area contributed by atoms with Crippen molar-refractivity contribution in [2.45, 2.75) is 71.6 Å². The lowest BCUT2D eigenvalue weighted by molar-refractivity contribution is -0.119. The van der Waals surface area contributed by atoms with Gasteiger partial charge >= 0.3 is 6.09 Å². The molecule has 28 heavy (non-hydrogen) atoms. The molecule has 0 spiro atoms. The molecule has 7 nitrogen and oxygen atoms in total. The van der Waals surface area contributed by atoms with Crippen LogP contribution in [-0.4, -0.2) is 36.1 Å². The molecular weight excluding hydrogens is 378 g/mol. The third-order valence-electron chi connectivity index (χ3n) is 4.53. The zero-order valence-electron chi connectivity index (χ0n) is 17.1. The van der Waals surface area contributed by atoms with Crippen molar-refractivity contribution in [2.24, 2.45) is 5.92 Å². The summed E-state index contributed by atoms with van der Waals surface area (Å²) in [5.41, 5.74) is -0.529. The maximum Gasteiger partial charge on any atom is 0.407 e. The Bertz CT molecular complexity index is 696. The van der Waals surface area contributed by atoms with Crippen molar-refractivity contribution >= 4 is 29.2 Å². The number of amides is 3. The molecule has 0 aromatic carbocycles. The highest BCUT2D eigenvalue weighted by atomic mass is 32.1. The number of thiophene rings is 1. The highest BCUT2D eigenvalue weighted by molar-refractivity contribution is 7.14. The van der Waals surface area contributed by atoms with E-state index < -0.39 is 11.7 Å². The molecule has 0 unspecified atom stereocenters. The molecule has 0 radical (unpaired) electrons. The van der Waals surface area contributed by atoms with Gasteiger partial charge in [-0.25, -0.2) is 4.79 Å². The average molecular weight is 410 g/mol. The summed E-state index contributed by atoms with van der Waals surface area (Å²) in [5, 5.41) is 8.69. The third-order valence-corrected chi connectivity index (χ3v) is 5.61. The fourth-order valence-corrected chi connectivity index (χ4v) is 4.07. The summed E-state index contributed by atoms with van der Waals surface area (Å²) in [7, 11) is 0. The van der Waals surface area contributed by atoms with E-state index in [-0.39, 0.29) is 23.8 Å². The van der Waals surface area contributed by atoms with Crippen LogP contribution < -0.4 is 16.0 Å². The molecular formula is C20H31N3O4S. The fourth-order valence-electron chi connectivity index (χ4n) is 3.22. The molecule has 0 saturated heterocycles. The van der Waals surface area contributed by atoms with E-state index in [0.717, 1.165) is 30.6 Å². The smallest absolute Gasteiger partial charge is 0.407 e. The Labute approximate surface area is 170 Å². The van der Waals surface area contributed by atoms with Crippen molar-refractivity contribution in [3.05, 3.63) is 21.9 Å². The van der Waals surface area contributed by atoms with Crippen LogP contribution in [-0.2, 0) is 16.1 Å². The van der Waals surface area contributed by atoms with Crippen LogP contribution in [0.1, 0.15) is 67.9 Å². The lowest BCUT2D eigenvalue weighted by Gasteiger charge is -2.32. The minimum Gasteiger partial charge on any atom is -0.444 e. The molecule has 3 amide bonds. The normalized spacial score (nSPS) is 19.6. The van der Waals surface area contributed by atoms with E-state index in [9.17, 15) is 14.4 Å². The molecule has 1 fully saturated rings. The van der Waals surface area contributed by atoms with Crippen LogP contribution in [0, 0.1) is 5.92 Å².